The first-order valence-electron chi connectivity index (χ1n) is 8.27. The van der Waals surface area contributed by atoms with Crippen molar-refractivity contribution >= 4 is 44.3 Å². The molecule has 0 fully saturated rings. The van der Waals surface area contributed by atoms with Crippen molar-refractivity contribution in [1.82, 2.24) is 14.4 Å². The third-order valence-electron chi connectivity index (χ3n) is 4.65. The van der Waals surface area contributed by atoms with Gasteiger partial charge in [-0.3, -0.25) is 4.79 Å². The number of H-pyrrole nitrogens is 1. The summed E-state index contributed by atoms with van der Waals surface area (Å²) >= 11 is 1.44. The topological polar surface area (TPSA) is 50.2 Å². The van der Waals surface area contributed by atoms with Gasteiger partial charge in [0.05, 0.1) is 15.6 Å². The highest BCUT2D eigenvalue weighted by Gasteiger charge is 2.11. The molecule has 1 N–H and O–H groups in total. The quantitative estimate of drug-likeness (QED) is 0.532. The van der Waals surface area contributed by atoms with Gasteiger partial charge >= 0.3 is 0 Å². The summed E-state index contributed by atoms with van der Waals surface area (Å²) in [4.78, 5) is 21.5. The SMILES string of the molecule is CCc1cccc2c(/C=c3\sc4nc5ccccc5n4c3=O)c[nH]c12. The number of fused-ring (bicyclic) bond motifs is 4. The largest absolute Gasteiger partial charge is 0.360 e. The Balaban J connectivity index is 1.79. The van der Waals surface area contributed by atoms with E-state index in [1.54, 1.807) is 4.40 Å². The molecule has 5 heteroatoms. The highest BCUT2D eigenvalue weighted by Crippen LogP contribution is 2.23. The molecule has 0 aliphatic carbocycles. The predicted molar refractivity (Wildman–Crippen MR) is 103 cm³/mol. The van der Waals surface area contributed by atoms with Crippen molar-refractivity contribution in [3.8, 4) is 0 Å². The molecule has 25 heavy (non-hydrogen) atoms. The molecule has 0 aliphatic heterocycles. The van der Waals surface area contributed by atoms with Crippen LogP contribution in [-0.4, -0.2) is 14.4 Å². The zero-order valence-electron chi connectivity index (χ0n) is 13.6. The Labute approximate surface area is 147 Å². The number of aryl methyl sites for hydroxylation is 1. The lowest BCUT2D eigenvalue weighted by molar-refractivity contribution is 1.15. The normalized spacial score (nSPS) is 12.8. The fraction of sp³-hybridized carbons (Fsp3) is 0.100. The number of para-hydroxylation sites is 3. The summed E-state index contributed by atoms with van der Waals surface area (Å²) in [6.45, 7) is 2.15. The molecule has 3 heterocycles. The minimum absolute atomic E-state index is 0.00491. The van der Waals surface area contributed by atoms with Gasteiger partial charge in [-0.15, -0.1) is 0 Å². The van der Waals surface area contributed by atoms with Crippen LogP contribution in [0.2, 0.25) is 0 Å². The molecular weight excluding hydrogens is 330 g/mol. The molecular formula is C20H15N3OS. The molecule has 4 nitrogen and oxygen atoms in total. The zero-order valence-corrected chi connectivity index (χ0v) is 14.4. The van der Waals surface area contributed by atoms with Gasteiger partial charge in [0.25, 0.3) is 5.56 Å². The molecule has 0 radical (unpaired) electrons. The van der Waals surface area contributed by atoms with E-state index in [4.69, 9.17) is 0 Å². The average molecular weight is 345 g/mol. The molecule has 0 spiro atoms. The van der Waals surface area contributed by atoms with Crippen LogP contribution in [0.4, 0.5) is 0 Å². The van der Waals surface area contributed by atoms with Crippen LogP contribution in [0.5, 0.6) is 0 Å². The number of rotatable bonds is 2. The Bertz CT molecular complexity index is 1360. The van der Waals surface area contributed by atoms with E-state index in [0.29, 0.717) is 4.53 Å². The maximum atomic E-state index is 12.9. The lowest BCUT2D eigenvalue weighted by Crippen LogP contribution is -2.22. The van der Waals surface area contributed by atoms with Gasteiger partial charge in [-0.05, 0) is 30.2 Å². The summed E-state index contributed by atoms with van der Waals surface area (Å²) in [7, 11) is 0. The van der Waals surface area contributed by atoms with Crippen molar-refractivity contribution < 1.29 is 0 Å². The fourth-order valence-electron chi connectivity index (χ4n) is 3.41. The highest BCUT2D eigenvalue weighted by atomic mass is 32.1. The number of hydrogen-bond donors (Lipinski definition) is 1. The molecule has 0 aliphatic rings. The van der Waals surface area contributed by atoms with Crippen LogP contribution < -0.4 is 10.1 Å². The third kappa shape index (κ3) is 2.06. The Morgan fingerprint density at radius 3 is 2.96 bits per heavy atom. The van der Waals surface area contributed by atoms with E-state index >= 15 is 0 Å². The van der Waals surface area contributed by atoms with Crippen LogP contribution in [0.15, 0.2) is 53.5 Å². The maximum Gasteiger partial charge on any atom is 0.274 e. The number of aromatic amines is 1. The third-order valence-corrected chi connectivity index (χ3v) is 5.62. The van der Waals surface area contributed by atoms with Crippen molar-refractivity contribution in [1.29, 1.82) is 0 Å². The van der Waals surface area contributed by atoms with E-state index in [0.717, 1.165) is 38.9 Å². The van der Waals surface area contributed by atoms with E-state index in [2.05, 4.69) is 35.1 Å². The second-order valence-electron chi connectivity index (χ2n) is 6.07. The molecule has 0 unspecified atom stereocenters. The molecule has 3 aromatic heterocycles. The van der Waals surface area contributed by atoms with Crippen molar-refractivity contribution in [2.24, 2.45) is 0 Å². The second-order valence-corrected chi connectivity index (χ2v) is 7.08. The van der Waals surface area contributed by atoms with Crippen LogP contribution in [-0.2, 0) is 6.42 Å². The van der Waals surface area contributed by atoms with Crippen LogP contribution >= 0.6 is 11.3 Å². The molecule has 0 amide bonds. The van der Waals surface area contributed by atoms with E-state index in [9.17, 15) is 4.79 Å². The van der Waals surface area contributed by atoms with E-state index < -0.39 is 0 Å². The van der Waals surface area contributed by atoms with Crippen molar-refractivity contribution in [3.05, 3.63) is 74.7 Å². The van der Waals surface area contributed by atoms with Crippen molar-refractivity contribution in [2.75, 3.05) is 0 Å². The summed E-state index contributed by atoms with van der Waals surface area (Å²) in [6.07, 6.45) is 4.92. The number of nitrogens with zero attached hydrogens (tertiary/aromatic N) is 2. The van der Waals surface area contributed by atoms with Gasteiger partial charge in [0, 0.05) is 22.7 Å². The molecule has 0 saturated heterocycles. The smallest absolute Gasteiger partial charge is 0.274 e. The van der Waals surface area contributed by atoms with E-state index in [1.165, 1.54) is 16.9 Å². The monoisotopic (exact) mass is 345 g/mol. The van der Waals surface area contributed by atoms with E-state index in [-0.39, 0.29) is 5.56 Å². The summed E-state index contributed by atoms with van der Waals surface area (Å²) in [5.41, 5.74) is 5.19. The molecule has 5 aromatic rings. The van der Waals surface area contributed by atoms with Crippen molar-refractivity contribution in [2.45, 2.75) is 13.3 Å². The molecule has 0 atom stereocenters. The number of thiazole rings is 1. The highest BCUT2D eigenvalue weighted by molar-refractivity contribution is 7.15. The average Bonchev–Trinajstić information content (AvgIpc) is 3.29. The number of benzene rings is 2. The Kier molecular flexibility index (Phi) is 3.05. The van der Waals surface area contributed by atoms with Gasteiger partial charge in [-0.2, -0.15) is 0 Å². The molecule has 0 bridgehead atoms. The summed E-state index contributed by atoms with van der Waals surface area (Å²) < 4.78 is 2.41. The van der Waals surface area contributed by atoms with Gasteiger partial charge < -0.3 is 4.98 Å². The van der Waals surface area contributed by atoms with Crippen LogP contribution in [0.1, 0.15) is 18.1 Å². The predicted octanol–water partition coefficient (Wildman–Crippen LogP) is 3.50. The fourth-order valence-corrected chi connectivity index (χ4v) is 4.38. The Hall–Kier alpha value is -2.92. The summed E-state index contributed by atoms with van der Waals surface area (Å²) in [5.74, 6) is 0. The first kappa shape index (κ1) is 14.4. The van der Waals surface area contributed by atoms with Crippen LogP contribution in [0.25, 0.3) is 33.0 Å². The first-order chi connectivity index (χ1) is 12.3. The van der Waals surface area contributed by atoms with Gasteiger partial charge in [-0.25, -0.2) is 9.38 Å². The van der Waals surface area contributed by atoms with Crippen molar-refractivity contribution in [3.63, 3.8) is 0 Å². The zero-order chi connectivity index (χ0) is 17.0. The number of imidazole rings is 1. The summed E-state index contributed by atoms with van der Waals surface area (Å²) in [6, 6.07) is 14.0. The van der Waals surface area contributed by atoms with Crippen LogP contribution in [0, 0.1) is 0 Å². The Morgan fingerprint density at radius 2 is 2.08 bits per heavy atom. The Morgan fingerprint density at radius 1 is 1.20 bits per heavy atom. The van der Waals surface area contributed by atoms with Gasteiger partial charge in [0.15, 0.2) is 4.96 Å². The van der Waals surface area contributed by atoms with Gasteiger partial charge in [0.2, 0.25) is 0 Å². The van der Waals surface area contributed by atoms with Crippen LogP contribution in [0.3, 0.4) is 0 Å². The molecule has 5 rings (SSSR count). The number of aromatic nitrogens is 3. The standard InChI is InChI=1S/C20H15N3OS/c1-2-12-6-5-7-14-13(11-21-18(12)14)10-17-19(24)23-16-9-4-3-8-15(16)22-20(23)25-17/h3-11,21H,2H2,1H3/b17-10-. The second kappa shape index (κ2) is 5.29. The molecule has 122 valence electrons. The number of nitrogens with one attached hydrogen (secondary N) is 1. The first-order valence-corrected chi connectivity index (χ1v) is 9.08. The number of hydrogen-bond acceptors (Lipinski definition) is 3. The van der Waals surface area contributed by atoms with E-state index in [1.807, 2.05) is 36.5 Å². The summed E-state index contributed by atoms with van der Waals surface area (Å²) in [5, 5.41) is 1.15. The van der Waals surface area contributed by atoms with Gasteiger partial charge in [-0.1, -0.05) is 48.6 Å². The lowest BCUT2D eigenvalue weighted by Gasteiger charge is -1.98. The minimum Gasteiger partial charge on any atom is -0.360 e. The minimum atomic E-state index is -0.00491. The molecule has 0 saturated carbocycles. The maximum absolute atomic E-state index is 12.9. The molecule has 2 aromatic carbocycles. The van der Waals surface area contributed by atoms with Gasteiger partial charge in [0.1, 0.15) is 0 Å². The lowest BCUT2D eigenvalue weighted by atomic mass is 10.1.